The van der Waals surface area contributed by atoms with E-state index in [-0.39, 0.29) is 5.03 Å². The van der Waals surface area contributed by atoms with Crippen molar-refractivity contribution in [2.24, 2.45) is 0 Å². The molecule has 120 valence electrons. The molecule has 1 atom stereocenters. The maximum Gasteiger partial charge on any atom is 0.257 e. The van der Waals surface area contributed by atoms with Gasteiger partial charge in [0.1, 0.15) is 5.82 Å². The molecule has 1 saturated heterocycles. The summed E-state index contributed by atoms with van der Waals surface area (Å²) in [4.78, 5) is 9.31. The number of piperidine rings is 1. The molecule has 1 aromatic rings. The lowest BCUT2D eigenvalue weighted by molar-refractivity contribution is 0.159. The molecule has 1 aliphatic heterocycles. The molecule has 1 aliphatic rings. The van der Waals surface area contributed by atoms with Gasteiger partial charge in [-0.3, -0.25) is 0 Å². The molecular formula is C14H26N4O2S. The summed E-state index contributed by atoms with van der Waals surface area (Å²) in [6.45, 7) is 6.73. The fourth-order valence-electron chi connectivity index (χ4n) is 2.72. The number of aromatic amines is 1. The molecule has 0 radical (unpaired) electrons. The van der Waals surface area contributed by atoms with E-state index in [1.54, 1.807) is 0 Å². The summed E-state index contributed by atoms with van der Waals surface area (Å²) in [6.07, 6.45) is 6.72. The van der Waals surface area contributed by atoms with Crippen molar-refractivity contribution >= 4 is 10.0 Å². The first-order valence-electron chi connectivity index (χ1n) is 7.80. The zero-order valence-electron chi connectivity index (χ0n) is 12.9. The van der Waals surface area contributed by atoms with Crippen LogP contribution in [0.2, 0.25) is 0 Å². The quantitative estimate of drug-likeness (QED) is 0.748. The number of nitrogens with zero attached hydrogens (tertiary/aromatic N) is 2. The van der Waals surface area contributed by atoms with E-state index >= 15 is 0 Å². The highest BCUT2D eigenvalue weighted by Gasteiger charge is 2.19. The smallest absolute Gasteiger partial charge is 0.257 e. The predicted molar refractivity (Wildman–Crippen MR) is 82.7 cm³/mol. The highest BCUT2D eigenvalue weighted by Crippen LogP contribution is 2.16. The van der Waals surface area contributed by atoms with E-state index in [9.17, 15) is 8.42 Å². The number of imidazole rings is 1. The summed E-state index contributed by atoms with van der Waals surface area (Å²) < 4.78 is 26.8. The monoisotopic (exact) mass is 314 g/mol. The van der Waals surface area contributed by atoms with Crippen LogP contribution in [0.1, 0.15) is 45.4 Å². The number of likely N-dealkylation sites (tertiary alicyclic amines) is 1. The molecule has 2 heterocycles. The fourth-order valence-corrected chi connectivity index (χ4v) is 3.73. The molecule has 2 rings (SSSR count). The van der Waals surface area contributed by atoms with Crippen LogP contribution in [0.25, 0.3) is 0 Å². The lowest BCUT2D eigenvalue weighted by atomic mass is 10.0. The van der Waals surface area contributed by atoms with Gasteiger partial charge in [-0.25, -0.2) is 18.1 Å². The Morgan fingerprint density at radius 2 is 2.29 bits per heavy atom. The third-order valence-corrected chi connectivity index (χ3v) is 5.45. The molecule has 0 amide bonds. The highest BCUT2D eigenvalue weighted by molar-refractivity contribution is 7.89. The largest absolute Gasteiger partial charge is 0.332 e. The number of aromatic nitrogens is 2. The standard InChI is InChI=1S/C14H26N4O2S/c1-3-13-15-11-14(17-13)21(19,20)16-8-6-10-18-9-5-4-7-12(18)2/h11-12,16H,3-10H2,1-2H3,(H,15,17). The predicted octanol–water partition coefficient (Wildman–Crippen LogP) is 1.51. The number of hydrogen-bond acceptors (Lipinski definition) is 4. The number of hydrogen-bond donors (Lipinski definition) is 2. The molecule has 0 saturated carbocycles. The van der Waals surface area contributed by atoms with Crippen molar-refractivity contribution in [3.63, 3.8) is 0 Å². The SMILES string of the molecule is CCc1ncc(S(=O)(=O)NCCCN2CCCCC2C)[nH]1. The molecule has 1 unspecified atom stereocenters. The Balaban J connectivity index is 1.77. The van der Waals surface area contributed by atoms with E-state index in [2.05, 4.69) is 26.5 Å². The van der Waals surface area contributed by atoms with Gasteiger partial charge in [0, 0.05) is 19.0 Å². The minimum absolute atomic E-state index is 0.158. The second kappa shape index (κ2) is 7.38. The number of aryl methyl sites for hydroxylation is 1. The molecule has 6 nitrogen and oxygen atoms in total. The topological polar surface area (TPSA) is 78.1 Å². The molecule has 1 fully saturated rings. The van der Waals surface area contributed by atoms with Crippen LogP contribution in [0.3, 0.4) is 0 Å². The molecule has 0 spiro atoms. The summed E-state index contributed by atoms with van der Waals surface area (Å²) in [5.74, 6) is 0.692. The van der Waals surface area contributed by atoms with Gasteiger partial charge in [-0.1, -0.05) is 13.3 Å². The van der Waals surface area contributed by atoms with E-state index in [1.807, 2.05) is 6.92 Å². The second-order valence-corrected chi connectivity index (χ2v) is 7.42. The Bertz CT molecular complexity index is 541. The van der Waals surface area contributed by atoms with Crippen LogP contribution in [0, 0.1) is 0 Å². The third-order valence-electron chi connectivity index (χ3n) is 4.08. The Labute approximate surface area is 127 Å². The van der Waals surface area contributed by atoms with Crippen molar-refractivity contribution in [2.75, 3.05) is 19.6 Å². The third kappa shape index (κ3) is 4.52. The lowest BCUT2D eigenvalue weighted by Gasteiger charge is -2.33. The van der Waals surface area contributed by atoms with Crippen molar-refractivity contribution in [3.8, 4) is 0 Å². The maximum atomic E-state index is 12.1. The van der Waals surface area contributed by atoms with Gasteiger partial charge in [0.15, 0.2) is 5.03 Å². The zero-order chi connectivity index (χ0) is 15.3. The van der Waals surface area contributed by atoms with Gasteiger partial charge in [0.2, 0.25) is 0 Å². The minimum atomic E-state index is -3.45. The maximum absolute atomic E-state index is 12.1. The average molecular weight is 314 g/mol. The van der Waals surface area contributed by atoms with Gasteiger partial charge in [-0.2, -0.15) is 0 Å². The molecule has 1 aromatic heterocycles. The van der Waals surface area contributed by atoms with Crippen LogP contribution < -0.4 is 4.72 Å². The minimum Gasteiger partial charge on any atom is -0.332 e. The van der Waals surface area contributed by atoms with Gasteiger partial charge >= 0.3 is 0 Å². The van der Waals surface area contributed by atoms with Crippen molar-refractivity contribution < 1.29 is 8.42 Å². The Hall–Kier alpha value is -0.920. The zero-order valence-corrected chi connectivity index (χ0v) is 13.7. The van der Waals surface area contributed by atoms with Crippen molar-refractivity contribution in [1.29, 1.82) is 0 Å². The lowest BCUT2D eigenvalue weighted by Crippen LogP contribution is -2.39. The van der Waals surface area contributed by atoms with Crippen molar-refractivity contribution in [2.45, 2.75) is 57.0 Å². The van der Waals surface area contributed by atoms with Crippen LogP contribution in [-0.4, -0.2) is 49.0 Å². The molecular weight excluding hydrogens is 288 g/mol. The highest BCUT2D eigenvalue weighted by atomic mass is 32.2. The Kier molecular flexibility index (Phi) is 5.78. The summed E-state index contributed by atoms with van der Waals surface area (Å²) in [5.41, 5.74) is 0. The molecule has 0 bridgehead atoms. The number of rotatable bonds is 7. The summed E-state index contributed by atoms with van der Waals surface area (Å²) in [6, 6.07) is 0.620. The van der Waals surface area contributed by atoms with Gasteiger partial charge < -0.3 is 9.88 Å². The van der Waals surface area contributed by atoms with E-state index in [0.717, 1.165) is 19.5 Å². The molecule has 7 heteroatoms. The van der Waals surface area contributed by atoms with E-state index < -0.39 is 10.0 Å². The molecule has 21 heavy (non-hydrogen) atoms. The van der Waals surface area contributed by atoms with Crippen molar-refractivity contribution in [1.82, 2.24) is 19.6 Å². The number of sulfonamides is 1. The van der Waals surface area contributed by atoms with E-state index in [0.29, 0.717) is 24.8 Å². The van der Waals surface area contributed by atoms with Crippen LogP contribution in [0.4, 0.5) is 0 Å². The van der Waals surface area contributed by atoms with Crippen molar-refractivity contribution in [3.05, 3.63) is 12.0 Å². The Morgan fingerprint density at radius 3 is 2.95 bits per heavy atom. The molecule has 0 aromatic carbocycles. The van der Waals surface area contributed by atoms with Gasteiger partial charge in [0.05, 0.1) is 6.20 Å². The second-order valence-electron chi connectivity index (χ2n) is 5.68. The normalized spacial score (nSPS) is 20.8. The summed E-state index contributed by atoms with van der Waals surface area (Å²) in [7, 11) is -3.45. The number of nitrogens with one attached hydrogen (secondary N) is 2. The molecule has 0 aliphatic carbocycles. The van der Waals surface area contributed by atoms with E-state index in [1.165, 1.54) is 25.5 Å². The van der Waals surface area contributed by atoms with Crippen LogP contribution >= 0.6 is 0 Å². The van der Waals surface area contributed by atoms with Crippen LogP contribution in [0.15, 0.2) is 11.2 Å². The fraction of sp³-hybridized carbons (Fsp3) is 0.786. The van der Waals surface area contributed by atoms with Crippen LogP contribution in [0.5, 0.6) is 0 Å². The van der Waals surface area contributed by atoms with Gasteiger partial charge in [0.25, 0.3) is 10.0 Å². The molecule has 2 N–H and O–H groups in total. The van der Waals surface area contributed by atoms with Gasteiger partial charge in [-0.05, 0) is 39.3 Å². The first-order chi connectivity index (χ1) is 10.0. The summed E-state index contributed by atoms with van der Waals surface area (Å²) in [5, 5.41) is 0.158. The number of H-pyrrole nitrogens is 1. The summed E-state index contributed by atoms with van der Waals surface area (Å²) >= 11 is 0. The van der Waals surface area contributed by atoms with Gasteiger partial charge in [-0.15, -0.1) is 0 Å². The first-order valence-corrected chi connectivity index (χ1v) is 9.29. The Morgan fingerprint density at radius 1 is 1.48 bits per heavy atom. The first kappa shape index (κ1) is 16.5. The van der Waals surface area contributed by atoms with Crippen LogP contribution in [-0.2, 0) is 16.4 Å². The average Bonchev–Trinajstić information content (AvgIpc) is 2.95. The van der Waals surface area contributed by atoms with E-state index in [4.69, 9.17) is 0 Å².